The van der Waals surface area contributed by atoms with Crippen LogP contribution < -0.4 is 5.32 Å². The van der Waals surface area contributed by atoms with E-state index < -0.39 is 5.54 Å². The second kappa shape index (κ2) is 5.20. The zero-order valence-corrected chi connectivity index (χ0v) is 14.0. The quantitative estimate of drug-likeness (QED) is 0.864. The van der Waals surface area contributed by atoms with E-state index in [0.717, 1.165) is 25.8 Å². The zero-order valence-electron chi connectivity index (χ0n) is 14.0. The van der Waals surface area contributed by atoms with Gasteiger partial charge >= 0.3 is 0 Å². The van der Waals surface area contributed by atoms with E-state index in [1.165, 1.54) is 0 Å². The van der Waals surface area contributed by atoms with Crippen LogP contribution >= 0.6 is 0 Å². The maximum atomic E-state index is 13.0. The molecule has 1 aliphatic rings. The lowest BCUT2D eigenvalue weighted by Crippen LogP contribution is -2.57. The minimum Gasteiger partial charge on any atom is -0.338 e. The van der Waals surface area contributed by atoms with E-state index in [2.05, 4.69) is 43.2 Å². The highest BCUT2D eigenvalue weighted by molar-refractivity contribution is 6.01. The van der Waals surface area contributed by atoms with Gasteiger partial charge in [-0.2, -0.15) is 4.98 Å². The first-order chi connectivity index (χ1) is 9.64. The normalized spacial score (nSPS) is 23.5. The maximum absolute atomic E-state index is 13.0. The summed E-state index contributed by atoms with van der Waals surface area (Å²) in [6.07, 6.45) is 2.69. The molecule has 1 fully saturated rings. The number of carbonyl (C=O) groups excluding carboxylic acids is 1. The highest BCUT2D eigenvalue weighted by Gasteiger charge is 2.51. The Kier molecular flexibility index (Phi) is 4.00. The molecular weight excluding hydrogens is 266 g/mol. The molecule has 1 aromatic rings. The maximum Gasteiger partial charge on any atom is 0.240 e. The van der Waals surface area contributed by atoms with Crippen LogP contribution in [0.5, 0.6) is 0 Å². The van der Waals surface area contributed by atoms with Crippen molar-refractivity contribution in [3.63, 3.8) is 0 Å². The third-order valence-corrected chi connectivity index (χ3v) is 4.92. The van der Waals surface area contributed by atoms with Crippen LogP contribution in [0.3, 0.4) is 0 Å². The van der Waals surface area contributed by atoms with Crippen LogP contribution in [-0.2, 0) is 5.41 Å². The van der Waals surface area contributed by atoms with Gasteiger partial charge in [-0.3, -0.25) is 4.79 Å². The summed E-state index contributed by atoms with van der Waals surface area (Å²) in [6, 6.07) is 0. The van der Waals surface area contributed by atoms with Crippen LogP contribution in [0.15, 0.2) is 4.52 Å². The number of rotatable bonds is 4. The summed E-state index contributed by atoms with van der Waals surface area (Å²) < 4.78 is 5.35. The topological polar surface area (TPSA) is 68.0 Å². The summed E-state index contributed by atoms with van der Waals surface area (Å²) in [7, 11) is 0. The van der Waals surface area contributed by atoms with Crippen LogP contribution in [0.1, 0.15) is 77.3 Å². The monoisotopic (exact) mass is 293 g/mol. The largest absolute Gasteiger partial charge is 0.338 e. The number of ketones is 1. The molecule has 0 aromatic carbocycles. The minimum atomic E-state index is -0.593. The third-order valence-electron chi connectivity index (χ3n) is 4.92. The number of carbonyl (C=O) groups is 1. The number of hydrogen-bond acceptors (Lipinski definition) is 5. The summed E-state index contributed by atoms with van der Waals surface area (Å²) in [6.45, 7) is 13.3. The number of aromatic nitrogens is 2. The standard InChI is InChI=1S/C16H27N3O2/c1-7-15(5,6)13-18-12(19-21-13)11(20)16(14(2,3)4)9-8-10-17-16/h17H,7-10H2,1-6H3. The van der Waals surface area contributed by atoms with Crippen molar-refractivity contribution in [3.05, 3.63) is 11.7 Å². The van der Waals surface area contributed by atoms with Gasteiger partial charge in [0.25, 0.3) is 0 Å². The SMILES string of the molecule is CCC(C)(C)c1nc(C(=O)C2(C(C)(C)C)CCCN2)no1. The molecule has 1 aromatic heterocycles. The van der Waals surface area contributed by atoms with Crippen molar-refractivity contribution in [1.82, 2.24) is 15.5 Å². The van der Waals surface area contributed by atoms with Gasteiger partial charge in [0.05, 0.1) is 5.54 Å². The molecule has 2 rings (SSSR count). The summed E-state index contributed by atoms with van der Waals surface area (Å²) in [5.41, 5.74) is -0.990. The fourth-order valence-electron chi connectivity index (χ4n) is 2.85. The molecule has 1 N–H and O–H groups in total. The average molecular weight is 293 g/mol. The van der Waals surface area contributed by atoms with Crippen LogP contribution in [0.2, 0.25) is 0 Å². The molecule has 21 heavy (non-hydrogen) atoms. The summed E-state index contributed by atoms with van der Waals surface area (Å²) in [5.74, 6) is 0.695. The van der Waals surface area contributed by atoms with E-state index in [-0.39, 0.29) is 22.4 Å². The van der Waals surface area contributed by atoms with Crippen molar-refractivity contribution < 1.29 is 9.32 Å². The molecule has 1 aliphatic heterocycles. The van der Waals surface area contributed by atoms with Crippen LogP contribution in [0, 0.1) is 5.41 Å². The Labute approximate surface area is 126 Å². The van der Waals surface area contributed by atoms with Crippen LogP contribution in [0.25, 0.3) is 0 Å². The summed E-state index contributed by atoms with van der Waals surface area (Å²) >= 11 is 0. The Morgan fingerprint density at radius 3 is 2.48 bits per heavy atom. The first-order valence-corrected chi connectivity index (χ1v) is 7.78. The van der Waals surface area contributed by atoms with Crippen molar-refractivity contribution in [1.29, 1.82) is 0 Å². The highest BCUT2D eigenvalue weighted by atomic mass is 16.5. The van der Waals surface area contributed by atoms with Crippen molar-refractivity contribution in [2.45, 2.75) is 71.8 Å². The van der Waals surface area contributed by atoms with E-state index in [4.69, 9.17) is 4.52 Å². The molecule has 2 heterocycles. The Morgan fingerprint density at radius 2 is 2.00 bits per heavy atom. The lowest BCUT2D eigenvalue weighted by Gasteiger charge is -2.39. The van der Waals surface area contributed by atoms with Gasteiger partial charge in [-0.1, -0.05) is 46.7 Å². The second-order valence-corrected chi connectivity index (χ2v) is 7.68. The fourth-order valence-corrected chi connectivity index (χ4v) is 2.85. The van der Waals surface area contributed by atoms with Gasteiger partial charge in [0.15, 0.2) is 0 Å². The number of nitrogens with zero attached hydrogens (tertiary/aromatic N) is 2. The van der Waals surface area contributed by atoms with Gasteiger partial charge in [-0.15, -0.1) is 0 Å². The van der Waals surface area contributed by atoms with Gasteiger partial charge in [0.2, 0.25) is 17.5 Å². The predicted molar refractivity (Wildman–Crippen MR) is 81.4 cm³/mol. The van der Waals surface area contributed by atoms with Crippen LogP contribution in [-0.4, -0.2) is 28.0 Å². The van der Waals surface area contributed by atoms with Crippen molar-refractivity contribution in [2.75, 3.05) is 6.54 Å². The van der Waals surface area contributed by atoms with Gasteiger partial charge in [-0.05, 0) is 31.2 Å². The zero-order chi connectivity index (χ0) is 15.9. The molecule has 0 radical (unpaired) electrons. The third kappa shape index (κ3) is 2.63. The molecule has 0 amide bonds. The van der Waals surface area contributed by atoms with Crippen molar-refractivity contribution >= 4 is 5.78 Å². The van der Waals surface area contributed by atoms with E-state index >= 15 is 0 Å². The molecule has 1 saturated heterocycles. The molecule has 1 atom stereocenters. The summed E-state index contributed by atoms with van der Waals surface area (Å²) in [4.78, 5) is 17.4. The second-order valence-electron chi connectivity index (χ2n) is 7.68. The van der Waals surface area contributed by atoms with Gasteiger partial charge in [0, 0.05) is 5.41 Å². The molecule has 1 unspecified atom stereocenters. The summed E-state index contributed by atoms with van der Waals surface area (Å²) in [5, 5.41) is 7.36. The molecule has 0 aliphatic carbocycles. The molecular formula is C16H27N3O2. The fraction of sp³-hybridized carbons (Fsp3) is 0.812. The van der Waals surface area contributed by atoms with E-state index in [1.54, 1.807) is 0 Å². The number of nitrogens with one attached hydrogen (secondary N) is 1. The Morgan fingerprint density at radius 1 is 1.33 bits per heavy atom. The van der Waals surface area contributed by atoms with Gasteiger partial charge < -0.3 is 9.84 Å². The Hall–Kier alpha value is -1.23. The lowest BCUT2D eigenvalue weighted by atomic mass is 9.70. The number of hydrogen-bond donors (Lipinski definition) is 1. The van der Waals surface area contributed by atoms with E-state index in [1.807, 2.05) is 13.8 Å². The molecule has 0 bridgehead atoms. The molecule has 0 saturated carbocycles. The molecule has 5 heteroatoms. The average Bonchev–Trinajstić information content (AvgIpc) is 3.07. The Balaban J connectivity index is 2.36. The Bertz CT molecular complexity index is 520. The van der Waals surface area contributed by atoms with E-state index in [9.17, 15) is 4.79 Å². The predicted octanol–water partition coefficient (Wildman–Crippen LogP) is 3.11. The van der Waals surface area contributed by atoms with Crippen LogP contribution in [0.4, 0.5) is 0 Å². The molecule has 0 spiro atoms. The number of Topliss-reactive ketones (excluding diaryl/α,β-unsaturated/α-hetero) is 1. The molecule has 118 valence electrons. The van der Waals surface area contributed by atoms with Gasteiger partial charge in [0.1, 0.15) is 0 Å². The first-order valence-electron chi connectivity index (χ1n) is 7.78. The van der Waals surface area contributed by atoms with Crippen molar-refractivity contribution in [3.8, 4) is 0 Å². The van der Waals surface area contributed by atoms with Gasteiger partial charge in [-0.25, -0.2) is 0 Å². The highest BCUT2D eigenvalue weighted by Crippen LogP contribution is 2.39. The lowest BCUT2D eigenvalue weighted by molar-refractivity contribution is 0.0688. The van der Waals surface area contributed by atoms with E-state index in [0.29, 0.717) is 5.89 Å². The van der Waals surface area contributed by atoms with Crippen molar-refractivity contribution in [2.24, 2.45) is 5.41 Å². The smallest absolute Gasteiger partial charge is 0.240 e. The first kappa shape index (κ1) is 16.1. The molecule has 5 nitrogen and oxygen atoms in total. The minimum absolute atomic E-state index is 0.0468.